The van der Waals surface area contributed by atoms with E-state index < -0.39 is 41.3 Å². The number of hydrogen-bond donors (Lipinski definition) is 0. The molecule has 1 aliphatic rings. The fraction of sp³-hybridized carbons (Fsp3) is 1.00. The fourth-order valence-corrected chi connectivity index (χ4v) is 1.84. The van der Waals surface area contributed by atoms with Crippen molar-refractivity contribution in [1.82, 2.24) is 0 Å². The Kier molecular flexibility index (Phi) is 3.38. The van der Waals surface area contributed by atoms with Crippen molar-refractivity contribution in [2.24, 2.45) is 5.18 Å². The molecule has 0 N–H and O–H groups in total. The molecule has 0 radical (unpaired) electrons. The van der Waals surface area contributed by atoms with Gasteiger partial charge in [-0.3, -0.25) is 0 Å². The smallest absolute Gasteiger partial charge is 0.227 e. The first-order valence-electron chi connectivity index (χ1n) is 4.89. The summed E-state index contributed by atoms with van der Waals surface area (Å²) in [5.74, 6) is -35.7. The van der Waals surface area contributed by atoms with Crippen LogP contribution in [0.4, 0.5) is 48.3 Å². The van der Waals surface area contributed by atoms with Crippen molar-refractivity contribution in [3.05, 3.63) is 4.91 Å². The fourth-order valence-electron chi connectivity index (χ4n) is 1.84. The number of hydrogen-bond acceptors (Lipinski definition) is 2. The van der Waals surface area contributed by atoms with Gasteiger partial charge in [0.2, 0.25) is 0 Å². The van der Waals surface area contributed by atoms with Crippen LogP contribution in [0.5, 0.6) is 0 Å². The van der Waals surface area contributed by atoms with E-state index in [1.54, 1.807) is 0 Å². The van der Waals surface area contributed by atoms with E-state index in [1.807, 2.05) is 0 Å². The molecule has 2 nitrogen and oxygen atoms in total. The molecule has 1 unspecified atom stereocenters. The summed E-state index contributed by atoms with van der Waals surface area (Å²) in [5.41, 5.74) is -6.32. The Labute approximate surface area is 108 Å². The SMILES string of the molecule is CC(N=O)C1(F)C(F)(F)C(F)(F)C(F)(F)C(F)(F)C1(F)F. The molecule has 0 bridgehead atoms. The van der Waals surface area contributed by atoms with Gasteiger partial charge in [-0.05, 0) is 6.92 Å². The molecule has 0 spiro atoms. The lowest BCUT2D eigenvalue weighted by Crippen LogP contribution is -2.85. The first kappa shape index (κ1) is 17.9. The molecule has 0 aromatic heterocycles. The van der Waals surface area contributed by atoms with Gasteiger partial charge in [0, 0.05) is 0 Å². The molecule has 1 rings (SSSR count). The number of nitroso groups, excluding NO2 is 1. The summed E-state index contributed by atoms with van der Waals surface area (Å²) in [5, 5.41) is 1.26. The maximum atomic E-state index is 13.8. The molecule has 1 saturated carbocycles. The van der Waals surface area contributed by atoms with Crippen LogP contribution in [0.1, 0.15) is 6.92 Å². The van der Waals surface area contributed by atoms with E-state index in [4.69, 9.17) is 0 Å². The quantitative estimate of drug-likeness (QED) is 0.552. The Balaban J connectivity index is 3.87. The van der Waals surface area contributed by atoms with Crippen molar-refractivity contribution in [1.29, 1.82) is 0 Å². The predicted octanol–water partition coefficient (Wildman–Crippen LogP) is 4.04. The van der Waals surface area contributed by atoms with Gasteiger partial charge in [-0.1, -0.05) is 5.18 Å². The highest BCUT2D eigenvalue weighted by Crippen LogP contribution is 2.70. The molecular weight excluding hydrogens is 335 g/mol. The molecule has 1 atom stereocenters. The predicted molar refractivity (Wildman–Crippen MR) is 43.8 cm³/mol. The summed E-state index contributed by atoms with van der Waals surface area (Å²) in [6.45, 7) is -0.246. The third-order valence-corrected chi connectivity index (χ3v) is 3.23. The summed E-state index contributed by atoms with van der Waals surface area (Å²) in [4.78, 5) is 9.93. The molecule has 1 fully saturated rings. The van der Waals surface area contributed by atoms with Crippen LogP contribution in [0.2, 0.25) is 0 Å². The maximum Gasteiger partial charge on any atom is 0.384 e. The van der Waals surface area contributed by atoms with Crippen LogP contribution in [0.3, 0.4) is 0 Å². The van der Waals surface area contributed by atoms with Gasteiger partial charge in [0.05, 0.1) is 0 Å². The minimum atomic E-state index is -7.27. The molecule has 0 heterocycles. The van der Waals surface area contributed by atoms with E-state index in [2.05, 4.69) is 0 Å². The zero-order valence-corrected chi connectivity index (χ0v) is 9.59. The highest BCUT2D eigenvalue weighted by molar-refractivity contribution is 5.28. The normalized spacial score (nSPS) is 32.2. The van der Waals surface area contributed by atoms with Crippen molar-refractivity contribution >= 4 is 0 Å². The first-order valence-corrected chi connectivity index (χ1v) is 4.89. The van der Waals surface area contributed by atoms with E-state index in [9.17, 15) is 53.2 Å². The first-order chi connectivity index (χ1) is 8.98. The average molecular weight is 339 g/mol. The molecule has 124 valence electrons. The van der Waals surface area contributed by atoms with Crippen molar-refractivity contribution in [3.63, 3.8) is 0 Å². The Morgan fingerprint density at radius 1 is 0.619 bits per heavy atom. The highest BCUT2D eigenvalue weighted by Gasteiger charge is 3.02. The number of halogens is 11. The highest BCUT2D eigenvalue weighted by atomic mass is 19.4. The van der Waals surface area contributed by atoms with E-state index >= 15 is 0 Å². The summed E-state index contributed by atoms with van der Waals surface area (Å²) in [7, 11) is 0. The largest absolute Gasteiger partial charge is 0.384 e. The van der Waals surface area contributed by atoms with Crippen molar-refractivity contribution < 1.29 is 48.3 Å². The van der Waals surface area contributed by atoms with Gasteiger partial charge in [0.25, 0.3) is 5.67 Å². The van der Waals surface area contributed by atoms with E-state index in [-0.39, 0.29) is 6.92 Å². The topological polar surface area (TPSA) is 29.4 Å². The molecule has 0 amide bonds. The second kappa shape index (κ2) is 3.97. The number of alkyl halides is 11. The average Bonchev–Trinajstić information content (AvgIpc) is 2.34. The Hall–Kier alpha value is -1.17. The van der Waals surface area contributed by atoms with Gasteiger partial charge >= 0.3 is 29.6 Å². The third-order valence-electron chi connectivity index (χ3n) is 3.23. The Morgan fingerprint density at radius 3 is 1.10 bits per heavy atom. The van der Waals surface area contributed by atoms with Gasteiger partial charge in [0.15, 0.2) is 0 Å². The molecule has 0 aromatic rings. The molecule has 0 aliphatic heterocycles. The van der Waals surface area contributed by atoms with Crippen LogP contribution in [0.15, 0.2) is 5.18 Å². The second-order valence-electron chi connectivity index (χ2n) is 4.37. The summed E-state index contributed by atoms with van der Waals surface area (Å²) in [6, 6.07) is -3.67. The van der Waals surface area contributed by atoms with E-state index in [0.717, 1.165) is 0 Å². The second-order valence-corrected chi connectivity index (χ2v) is 4.37. The van der Waals surface area contributed by atoms with Crippen LogP contribution in [0, 0.1) is 4.91 Å². The maximum absolute atomic E-state index is 13.8. The summed E-state index contributed by atoms with van der Waals surface area (Å²) in [6.07, 6.45) is 0. The van der Waals surface area contributed by atoms with E-state index in [0.29, 0.717) is 0 Å². The molecule has 21 heavy (non-hydrogen) atoms. The van der Waals surface area contributed by atoms with Gasteiger partial charge in [0.1, 0.15) is 6.04 Å². The van der Waals surface area contributed by atoms with Gasteiger partial charge in [-0.15, -0.1) is 0 Å². The lowest BCUT2D eigenvalue weighted by atomic mass is 9.69. The zero-order valence-electron chi connectivity index (χ0n) is 9.59. The van der Waals surface area contributed by atoms with Crippen LogP contribution in [-0.4, -0.2) is 41.3 Å². The number of rotatable bonds is 2. The van der Waals surface area contributed by atoms with Crippen molar-refractivity contribution in [3.8, 4) is 0 Å². The number of nitrogens with zero attached hydrogens (tertiary/aromatic N) is 1. The van der Waals surface area contributed by atoms with Crippen LogP contribution < -0.4 is 0 Å². The van der Waals surface area contributed by atoms with Crippen LogP contribution in [0.25, 0.3) is 0 Å². The molecule has 13 heteroatoms. The van der Waals surface area contributed by atoms with Crippen LogP contribution >= 0.6 is 0 Å². The molecular formula is C8H4F11NO. The molecule has 0 saturated heterocycles. The zero-order chi connectivity index (χ0) is 17.3. The lowest BCUT2D eigenvalue weighted by Gasteiger charge is -2.53. The van der Waals surface area contributed by atoms with Gasteiger partial charge < -0.3 is 0 Å². The molecule has 0 aromatic carbocycles. The standard InChI is InChI=1S/C8H4F11NO/c1-2(20-21)3(9)4(10,11)6(14,15)8(18,19)7(16,17)5(3,12)13/h2H,1H3. The monoisotopic (exact) mass is 339 g/mol. The lowest BCUT2D eigenvalue weighted by molar-refractivity contribution is -0.486. The Morgan fingerprint density at radius 2 is 0.857 bits per heavy atom. The summed E-state index contributed by atoms with van der Waals surface area (Å²) < 4.78 is 144. The Bertz CT molecular complexity index is 429. The van der Waals surface area contributed by atoms with Gasteiger partial charge in [-0.25, -0.2) is 4.39 Å². The minimum Gasteiger partial charge on any atom is -0.227 e. The molecule has 1 aliphatic carbocycles. The van der Waals surface area contributed by atoms with Crippen molar-refractivity contribution in [2.45, 2.75) is 48.2 Å². The van der Waals surface area contributed by atoms with Crippen molar-refractivity contribution in [2.75, 3.05) is 0 Å². The minimum absolute atomic E-state index is 0.246. The summed E-state index contributed by atoms with van der Waals surface area (Å²) >= 11 is 0. The van der Waals surface area contributed by atoms with Crippen LogP contribution in [-0.2, 0) is 0 Å². The van der Waals surface area contributed by atoms with E-state index in [1.165, 1.54) is 5.18 Å². The third kappa shape index (κ3) is 1.44. The van der Waals surface area contributed by atoms with Gasteiger partial charge in [-0.2, -0.15) is 48.8 Å².